The minimum Gasteiger partial charge on any atom is -0.454 e. The number of hydrogen-bond donors (Lipinski definition) is 1. The summed E-state index contributed by atoms with van der Waals surface area (Å²) >= 11 is 18.0. The Morgan fingerprint density at radius 2 is 1.53 bits per heavy atom. The Kier molecular flexibility index (Phi) is 4.58. The standard InChI is InChI=1S/C14H12Cl3NO/c1-8(18)9-2-4-13(11(16)6-9)19-14-5-3-10(15)7-12(14)17/h2-8H,18H2,1H3/t8-/m1/s1. The van der Waals surface area contributed by atoms with Crippen molar-refractivity contribution in [3.8, 4) is 11.5 Å². The summed E-state index contributed by atoms with van der Waals surface area (Å²) in [5.41, 5.74) is 6.73. The lowest BCUT2D eigenvalue weighted by Gasteiger charge is -2.12. The van der Waals surface area contributed by atoms with E-state index in [0.29, 0.717) is 26.6 Å². The van der Waals surface area contributed by atoms with E-state index in [4.69, 9.17) is 45.3 Å². The number of hydrogen-bond acceptors (Lipinski definition) is 2. The third-order valence-corrected chi connectivity index (χ3v) is 3.42. The van der Waals surface area contributed by atoms with Gasteiger partial charge in [-0.2, -0.15) is 0 Å². The molecule has 2 N–H and O–H groups in total. The van der Waals surface area contributed by atoms with Gasteiger partial charge in [0.15, 0.2) is 0 Å². The number of halogens is 3. The minimum absolute atomic E-state index is 0.0781. The third kappa shape index (κ3) is 3.54. The van der Waals surface area contributed by atoms with Crippen LogP contribution in [0, 0.1) is 0 Å². The van der Waals surface area contributed by atoms with E-state index in [-0.39, 0.29) is 6.04 Å². The van der Waals surface area contributed by atoms with Gasteiger partial charge in [0.1, 0.15) is 11.5 Å². The monoisotopic (exact) mass is 315 g/mol. The number of ether oxygens (including phenoxy) is 1. The molecule has 2 rings (SSSR count). The van der Waals surface area contributed by atoms with Crippen molar-refractivity contribution in [2.24, 2.45) is 5.73 Å². The van der Waals surface area contributed by atoms with Gasteiger partial charge >= 0.3 is 0 Å². The predicted molar refractivity (Wildman–Crippen MR) is 80.6 cm³/mol. The molecule has 0 aliphatic rings. The highest BCUT2D eigenvalue weighted by Gasteiger charge is 2.09. The third-order valence-electron chi connectivity index (χ3n) is 2.60. The van der Waals surface area contributed by atoms with Crippen LogP contribution in [0.15, 0.2) is 36.4 Å². The molecule has 2 aromatic rings. The molecule has 2 nitrogen and oxygen atoms in total. The van der Waals surface area contributed by atoms with Crippen molar-refractivity contribution in [1.82, 2.24) is 0 Å². The van der Waals surface area contributed by atoms with Gasteiger partial charge in [-0.15, -0.1) is 0 Å². The van der Waals surface area contributed by atoms with Crippen molar-refractivity contribution in [3.63, 3.8) is 0 Å². The molecule has 0 saturated heterocycles. The van der Waals surface area contributed by atoms with Crippen LogP contribution in [-0.2, 0) is 0 Å². The van der Waals surface area contributed by atoms with E-state index in [1.165, 1.54) is 0 Å². The van der Waals surface area contributed by atoms with Crippen molar-refractivity contribution >= 4 is 34.8 Å². The highest BCUT2D eigenvalue weighted by molar-refractivity contribution is 6.35. The fourth-order valence-electron chi connectivity index (χ4n) is 1.56. The normalized spacial score (nSPS) is 12.3. The molecule has 0 aliphatic carbocycles. The SMILES string of the molecule is C[C@@H](N)c1ccc(Oc2ccc(Cl)cc2Cl)c(Cl)c1. The van der Waals surface area contributed by atoms with Crippen LogP contribution in [0.1, 0.15) is 18.5 Å². The van der Waals surface area contributed by atoms with Crippen molar-refractivity contribution in [2.45, 2.75) is 13.0 Å². The zero-order valence-corrected chi connectivity index (χ0v) is 12.4. The summed E-state index contributed by atoms with van der Waals surface area (Å²) in [5, 5.41) is 1.47. The molecule has 0 amide bonds. The van der Waals surface area contributed by atoms with Crippen LogP contribution in [0.4, 0.5) is 0 Å². The van der Waals surface area contributed by atoms with E-state index in [1.54, 1.807) is 30.3 Å². The average molecular weight is 317 g/mol. The van der Waals surface area contributed by atoms with Gasteiger partial charge in [-0.1, -0.05) is 40.9 Å². The molecule has 0 spiro atoms. The first-order valence-corrected chi connectivity index (χ1v) is 6.78. The maximum atomic E-state index is 6.16. The van der Waals surface area contributed by atoms with Crippen LogP contribution < -0.4 is 10.5 Å². The Bertz CT molecular complexity index is 599. The fraction of sp³-hybridized carbons (Fsp3) is 0.143. The molecular formula is C14H12Cl3NO. The van der Waals surface area contributed by atoms with Crippen LogP contribution in [-0.4, -0.2) is 0 Å². The largest absolute Gasteiger partial charge is 0.454 e. The quantitative estimate of drug-likeness (QED) is 0.816. The molecule has 0 fully saturated rings. The Morgan fingerprint density at radius 3 is 2.05 bits per heavy atom. The highest BCUT2D eigenvalue weighted by Crippen LogP contribution is 2.35. The lowest BCUT2D eigenvalue weighted by atomic mass is 10.1. The summed E-state index contributed by atoms with van der Waals surface area (Å²) in [6.45, 7) is 1.89. The number of benzene rings is 2. The predicted octanol–water partition coefficient (Wildman–Crippen LogP) is 5.46. The van der Waals surface area contributed by atoms with Crippen LogP contribution >= 0.6 is 34.8 Å². The maximum Gasteiger partial charge on any atom is 0.146 e. The zero-order chi connectivity index (χ0) is 14.0. The van der Waals surface area contributed by atoms with E-state index >= 15 is 0 Å². The first-order chi connectivity index (χ1) is 8.97. The lowest BCUT2D eigenvalue weighted by molar-refractivity contribution is 0.483. The molecule has 0 aromatic heterocycles. The number of nitrogens with two attached hydrogens (primary N) is 1. The fourth-order valence-corrected chi connectivity index (χ4v) is 2.23. The summed E-state index contributed by atoms with van der Waals surface area (Å²) in [5.74, 6) is 1.02. The van der Waals surface area contributed by atoms with Gasteiger partial charge in [0, 0.05) is 11.1 Å². The summed E-state index contributed by atoms with van der Waals surface area (Å²) in [6, 6.07) is 10.4. The molecule has 0 saturated carbocycles. The molecule has 0 aliphatic heterocycles. The summed E-state index contributed by atoms with van der Waals surface area (Å²) in [6.07, 6.45) is 0. The Balaban J connectivity index is 2.28. The number of rotatable bonds is 3. The Hall–Kier alpha value is -0.930. The summed E-state index contributed by atoms with van der Waals surface area (Å²) in [4.78, 5) is 0. The van der Waals surface area contributed by atoms with Gasteiger partial charge in [-0.3, -0.25) is 0 Å². The van der Waals surface area contributed by atoms with Gasteiger partial charge in [0.05, 0.1) is 10.0 Å². The Morgan fingerprint density at radius 1 is 0.947 bits per heavy atom. The molecule has 19 heavy (non-hydrogen) atoms. The minimum atomic E-state index is -0.0781. The van der Waals surface area contributed by atoms with Crippen LogP contribution in [0.3, 0.4) is 0 Å². The second-order valence-electron chi connectivity index (χ2n) is 4.16. The van der Waals surface area contributed by atoms with Gasteiger partial charge in [-0.05, 0) is 42.8 Å². The smallest absolute Gasteiger partial charge is 0.146 e. The van der Waals surface area contributed by atoms with Gasteiger partial charge in [0.2, 0.25) is 0 Å². The van der Waals surface area contributed by atoms with Crippen molar-refractivity contribution in [1.29, 1.82) is 0 Å². The van der Waals surface area contributed by atoms with E-state index in [2.05, 4.69) is 0 Å². The summed E-state index contributed by atoms with van der Waals surface area (Å²) in [7, 11) is 0. The second kappa shape index (κ2) is 6.02. The van der Waals surface area contributed by atoms with Crippen LogP contribution in [0.2, 0.25) is 15.1 Å². The van der Waals surface area contributed by atoms with E-state index < -0.39 is 0 Å². The van der Waals surface area contributed by atoms with E-state index in [0.717, 1.165) is 5.56 Å². The molecule has 5 heteroatoms. The maximum absolute atomic E-state index is 6.16. The molecule has 0 unspecified atom stereocenters. The van der Waals surface area contributed by atoms with Gasteiger partial charge < -0.3 is 10.5 Å². The molecular weight excluding hydrogens is 305 g/mol. The molecule has 100 valence electrons. The molecule has 0 radical (unpaired) electrons. The van der Waals surface area contributed by atoms with Crippen molar-refractivity contribution < 1.29 is 4.74 Å². The van der Waals surface area contributed by atoms with Crippen molar-refractivity contribution in [3.05, 3.63) is 57.0 Å². The Labute approximate surface area is 127 Å². The van der Waals surface area contributed by atoms with Crippen LogP contribution in [0.5, 0.6) is 11.5 Å². The highest BCUT2D eigenvalue weighted by atomic mass is 35.5. The average Bonchev–Trinajstić information content (AvgIpc) is 2.34. The second-order valence-corrected chi connectivity index (χ2v) is 5.41. The lowest BCUT2D eigenvalue weighted by Crippen LogP contribution is -2.04. The molecule has 2 aromatic carbocycles. The topological polar surface area (TPSA) is 35.2 Å². The van der Waals surface area contributed by atoms with Crippen LogP contribution in [0.25, 0.3) is 0 Å². The molecule has 0 bridgehead atoms. The van der Waals surface area contributed by atoms with Crippen molar-refractivity contribution in [2.75, 3.05) is 0 Å². The van der Waals surface area contributed by atoms with Gasteiger partial charge in [-0.25, -0.2) is 0 Å². The van der Waals surface area contributed by atoms with E-state index in [1.807, 2.05) is 13.0 Å². The summed E-state index contributed by atoms with van der Waals surface area (Å²) < 4.78 is 5.67. The zero-order valence-electron chi connectivity index (χ0n) is 10.2. The first-order valence-electron chi connectivity index (χ1n) is 5.65. The molecule has 1 atom stereocenters. The first kappa shape index (κ1) is 14.5. The van der Waals surface area contributed by atoms with Gasteiger partial charge in [0.25, 0.3) is 0 Å². The van der Waals surface area contributed by atoms with E-state index in [9.17, 15) is 0 Å². The molecule has 0 heterocycles.